The molecule has 0 fully saturated rings. The molecule has 4 aromatic rings. The summed E-state index contributed by atoms with van der Waals surface area (Å²) in [6, 6.07) is 17.6. The molecule has 1 aromatic heterocycles. The van der Waals surface area contributed by atoms with Crippen molar-refractivity contribution in [1.29, 1.82) is 0 Å². The number of anilines is 1. The summed E-state index contributed by atoms with van der Waals surface area (Å²) in [6.07, 6.45) is 1.85. The van der Waals surface area contributed by atoms with Crippen LogP contribution in [-0.2, 0) is 12.0 Å². The Morgan fingerprint density at radius 3 is 2.29 bits per heavy atom. The molecule has 0 aliphatic heterocycles. The Kier molecular flexibility index (Phi) is 7.24. The highest BCUT2D eigenvalue weighted by atomic mass is 35.5. The van der Waals surface area contributed by atoms with E-state index in [9.17, 15) is 4.39 Å². The Labute approximate surface area is 214 Å². The second kappa shape index (κ2) is 10.2. The predicted octanol–water partition coefficient (Wildman–Crippen LogP) is 7.27. The highest BCUT2D eigenvalue weighted by molar-refractivity contribution is 6.42. The summed E-state index contributed by atoms with van der Waals surface area (Å²) >= 11 is 12.2. The molecule has 1 heterocycles. The molecule has 5 nitrogen and oxygen atoms in total. The van der Waals surface area contributed by atoms with Crippen LogP contribution < -0.4 is 14.8 Å². The van der Waals surface area contributed by atoms with Crippen LogP contribution >= 0.6 is 23.2 Å². The lowest BCUT2D eigenvalue weighted by atomic mass is 9.81. The molecule has 1 N–H and O–H groups in total. The van der Waals surface area contributed by atoms with Crippen molar-refractivity contribution in [3.05, 3.63) is 99.8 Å². The normalized spacial score (nSPS) is 11.4. The molecule has 0 aliphatic rings. The summed E-state index contributed by atoms with van der Waals surface area (Å²) in [5.41, 5.74) is 3.10. The summed E-state index contributed by atoms with van der Waals surface area (Å²) in [5, 5.41) is 4.31. The smallest absolute Gasteiger partial charge is 0.161 e. The van der Waals surface area contributed by atoms with E-state index in [4.69, 9.17) is 37.7 Å². The first-order valence-corrected chi connectivity index (χ1v) is 11.7. The lowest BCUT2D eigenvalue weighted by Gasteiger charge is -2.28. The number of hydrogen-bond acceptors (Lipinski definition) is 4. The number of benzene rings is 3. The van der Waals surface area contributed by atoms with Gasteiger partial charge >= 0.3 is 0 Å². The Balaban J connectivity index is 1.77. The van der Waals surface area contributed by atoms with Crippen LogP contribution in [0.5, 0.6) is 11.5 Å². The fourth-order valence-electron chi connectivity index (χ4n) is 3.99. The number of aromatic nitrogens is 2. The molecule has 0 saturated heterocycles. The van der Waals surface area contributed by atoms with E-state index in [2.05, 4.69) is 19.2 Å². The summed E-state index contributed by atoms with van der Waals surface area (Å²) < 4.78 is 26.7. The van der Waals surface area contributed by atoms with E-state index in [0.29, 0.717) is 28.1 Å². The van der Waals surface area contributed by atoms with Gasteiger partial charge in [0.1, 0.15) is 11.6 Å². The van der Waals surface area contributed by atoms with Crippen molar-refractivity contribution in [2.75, 3.05) is 19.5 Å². The van der Waals surface area contributed by atoms with Crippen LogP contribution in [0.4, 0.5) is 10.1 Å². The molecule has 0 saturated carbocycles. The summed E-state index contributed by atoms with van der Waals surface area (Å²) in [5.74, 6) is 1.76. The number of rotatable bonds is 8. The van der Waals surface area contributed by atoms with Gasteiger partial charge in [-0.3, -0.25) is 4.57 Å². The van der Waals surface area contributed by atoms with Crippen LogP contribution in [0.2, 0.25) is 10.0 Å². The van der Waals surface area contributed by atoms with Gasteiger partial charge in [-0.2, -0.15) is 0 Å². The van der Waals surface area contributed by atoms with Crippen molar-refractivity contribution < 1.29 is 13.9 Å². The predicted molar refractivity (Wildman–Crippen MR) is 139 cm³/mol. The molecule has 3 aromatic carbocycles. The molecular formula is C27H26Cl2FN3O2. The molecule has 4 rings (SSSR count). The maximum absolute atomic E-state index is 13.7. The highest BCUT2D eigenvalue weighted by Gasteiger charge is 2.30. The topological polar surface area (TPSA) is 48.3 Å². The minimum atomic E-state index is -0.469. The van der Waals surface area contributed by atoms with Crippen molar-refractivity contribution in [1.82, 2.24) is 9.55 Å². The Hall–Kier alpha value is -3.22. The molecule has 0 aliphatic carbocycles. The fourth-order valence-corrected chi connectivity index (χ4v) is 4.29. The Bertz CT molecular complexity index is 1340. The molecular weight excluding hydrogens is 488 g/mol. The van der Waals surface area contributed by atoms with E-state index in [1.54, 1.807) is 38.5 Å². The van der Waals surface area contributed by atoms with Gasteiger partial charge in [-0.1, -0.05) is 43.1 Å². The number of nitrogens with one attached hydrogen (secondary N) is 1. The van der Waals surface area contributed by atoms with Crippen LogP contribution in [-0.4, -0.2) is 23.8 Å². The third-order valence-corrected chi connectivity index (χ3v) is 6.77. The van der Waals surface area contributed by atoms with Crippen molar-refractivity contribution in [3.8, 4) is 17.2 Å². The van der Waals surface area contributed by atoms with E-state index in [-0.39, 0.29) is 5.82 Å². The minimum absolute atomic E-state index is 0.301. The van der Waals surface area contributed by atoms with Crippen molar-refractivity contribution >= 4 is 28.9 Å². The number of methoxy groups -OCH3 is 2. The minimum Gasteiger partial charge on any atom is -0.493 e. The SMILES string of the molecule is COc1ccc(C(C)(C)c2cnc(CNc3ccc(Cl)c(Cl)c3)n2-c2ccc(F)cc2)cc1OC. The molecule has 0 unspecified atom stereocenters. The summed E-state index contributed by atoms with van der Waals surface area (Å²) in [4.78, 5) is 4.73. The molecule has 0 spiro atoms. The first-order chi connectivity index (χ1) is 16.7. The lowest BCUT2D eigenvalue weighted by molar-refractivity contribution is 0.353. The van der Waals surface area contributed by atoms with E-state index in [0.717, 1.165) is 28.5 Å². The number of halogens is 3. The zero-order chi connectivity index (χ0) is 25.2. The second-order valence-corrected chi connectivity index (χ2v) is 9.36. The van der Waals surface area contributed by atoms with Gasteiger partial charge in [-0.05, 0) is 60.2 Å². The highest BCUT2D eigenvalue weighted by Crippen LogP contribution is 2.38. The van der Waals surface area contributed by atoms with Crippen LogP contribution in [0.25, 0.3) is 5.69 Å². The van der Waals surface area contributed by atoms with Gasteiger partial charge in [0, 0.05) is 23.0 Å². The van der Waals surface area contributed by atoms with Crippen LogP contribution in [0.3, 0.4) is 0 Å². The maximum Gasteiger partial charge on any atom is 0.161 e. The number of ether oxygens (including phenoxy) is 2. The van der Waals surface area contributed by atoms with Gasteiger partial charge in [0.15, 0.2) is 11.5 Å². The number of nitrogens with zero attached hydrogens (tertiary/aromatic N) is 2. The number of hydrogen-bond donors (Lipinski definition) is 1. The van der Waals surface area contributed by atoms with Gasteiger partial charge in [0.05, 0.1) is 36.5 Å². The van der Waals surface area contributed by atoms with E-state index >= 15 is 0 Å². The second-order valence-electron chi connectivity index (χ2n) is 8.55. The average molecular weight is 514 g/mol. The van der Waals surface area contributed by atoms with E-state index in [1.165, 1.54) is 12.1 Å². The lowest BCUT2D eigenvalue weighted by Crippen LogP contribution is -2.24. The van der Waals surface area contributed by atoms with Crippen molar-refractivity contribution in [2.24, 2.45) is 0 Å². The molecule has 0 bridgehead atoms. The first-order valence-electron chi connectivity index (χ1n) is 11.0. The standard InChI is InChI=1S/C27H26Cl2FN3O2/c1-27(2,17-5-12-23(34-3)24(13-17)35-4)25-15-32-26(33(25)20-9-6-18(30)7-10-20)16-31-19-8-11-21(28)22(29)14-19/h5-15,31H,16H2,1-4H3. The van der Waals surface area contributed by atoms with E-state index in [1.807, 2.05) is 35.0 Å². The van der Waals surface area contributed by atoms with Gasteiger partial charge in [0.2, 0.25) is 0 Å². The fraction of sp³-hybridized carbons (Fsp3) is 0.222. The summed E-state index contributed by atoms with van der Waals surface area (Å²) in [6.45, 7) is 4.64. The zero-order valence-corrected chi connectivity index (χ0v) is 21.4. The van der Waals surface area contributed by atoms with E-state index < -0.39 is 5.41 Å². The Morgan fingerprint density at radius 1 is 0.914 bits per heavy atom. The van der Waals surface area contributed by atoms with Crippen LogP contribution in [0.1, 0.15) is 30.9 Å². The van der Waals surface area contributed by atoms with Gasteiger partial charge in [0.25, 0.3) is 0 Å². The monoisotopic (exact) mass is 513 g/mol. The largest absolute Gasteiger partial charge is 0.493 e. The molecule has 35 heavy (non-hydrogen) atoms. The third-order valence-electron chi connectivity index (χ3n) is 6.04. The number of imidazole rings is 1. The van der Waals surface area contributed by atoms with Gasteiger partial charge < -0.3 is 14.8 Å². The third kappa shape index (κ3) is 5.09. The quantitative estimate of drug-likeness (QED) is 0.269. The van der Waals surface area contributed by atoms with Gasteiger partial charge in [-0.15, -0.1) is 0 Å². The molecule has 0 amide bonds. The Morgan fingerprint density at radius 2 is 1.63 bits per heavy atom. The summed E-state index contributed by atoms with van der Waals surface area (Å²) in [7, 11) is 3.23. The van der Waals surface area contributed by atoms with Crippen molar-refractivity contribution in [2.45, 2.75) is 25.8 Å². The molecule has 0 radical (unpaired) electrons. The van der Waals surface area contributed by atoms with Crippen molar-refractivity contribution in [3.63, 3.8) is 0 Å². The first kappa shape index (κ1) is 24.9. The zero-order valence-electron chi connectivity index (χ0n) is 19.9. The molecule has 182 valence electrons. The van der Waals surface area contributed by atoms with Crippen LogP contribution in [0.15, 0.2) is 66.9 Å². The molecule has 0 atom stereocenters. The van der Waals surface area contributed by atoms with Gasteiger partial charge in [-0.25, -0.2) is 9.37 Å². The molecule has 8 heteroatoms. The average Bonchev–Trinajstić information content (AvgIpc) is 3.29. The van der Waals surface area contributed by atoms with Crippen LogP contribution in [0, 0.1) is 5.82 Å². The maximum atomic E-state index is 13.7.